The molecule has 2 aliphatic carbocycles. The Morgan fingerprint density at radius 3 is 2.58 bits per heavy atom. The van der Waals surface area contributed by atoms with Gasteiger partial charge in [-0.2, -0.15) is 0 Å². The highest BCUT2D eigenvalue weighted by atomic mass is 16.6. The molecule has 4 nitrogen and oxygen atoms in total. The Morgan fingerprint density at radius 2 is 2.11 bits per heavy atom. The van der Waals surface area contributed by atoms with Gasteiger partial charge in [-0.05, 0) is 11.8 Å². The van der Waals surface area contributed by atoms with E-state index >= 15 is 0 Å². The van der Waals surface area contributed by atoms with E-state index in [-0.39, 0.29) is 29.5 Å². The molecular weight excluding hydrogens is 244 g/mol. The lowest BCUT2D eigenvalue weighted by Gasteiger charge is -2.45. The first kappa shape index (κ1) is 12.5. The monoisotopic (exact) mass is 262 g/mol. The maximum absolute atomic E-state index is 12.3. The highest BCUT2D eigenvalue weighted by molar-refractivity contribution is 5.93. The lowest BCUT2D eigenvalue weighted by molar-refractivity contribution is -0.150. The molecular formula is C15H18O4. The number of hydrogen-bond acceptors (Lipinski definition) is 4. The van der Waals surface area contributed by atoms with Gasteiger partial charge in [0.2, 0.25) is 5.76 Å². The SMILES string of the molecule is COC1=C2C=C[C@@]2([C@H]2CC(C)(C)CC2=O)COC1=O. The van der Waals surface area contributed by atoms with Gasteiger partial charge in [-0.15, -0.1) is 0 Å². The van der Waals surface area contributed by atoms with Crippen LogP contribution in [0, 0.1) is 16.7 Å². The molecule has 2 atom stereocenters. The third kappa shape index (κ3) is 1.58. The molecule has 3 aliphatic rings. The lowest BCUT2D eigenvalue weighted by atomic mass is 9.61. The van der Waals surface area contributed by atoms with E-state index in [4.69, 9.17) is 9.47 Å². The van der Waals surface area contributed by atoms with Crippen molar-refractivity contribution in [3.8, 4) is 0 Å². The summed E-state index contributed by atoms with van der Waals surface area (Å²) in [7, 11) is 1.46. The Hall–Kier alpha value is -1.58. The number of fused-ring (bicyclic) bond motifs is 1. The van der Waals surface area contributed by atoms with E-state index in [0.29, 0.717) is 6.42 Å². The normalized spacial score (nSPS) is 35.8. The molecule has 0 amide bonds. The van der Waals surface area contributed by atoms with Crippen LogP contribution in [0.15, 0.2) is 23.5 Å². The summed E-state index contributed by atoms with van der Waals surface area (Å²) in [5.41, 5.74) is 0.423. The minimum absolute atomic E-state index is 0.0275. The number of cyclic esters (lactones) is 1. The summed E-state index contributed by atoms with van der Waals surface area (Å²) in [5, 5.41) is 0. The Balaban J connectivity index is 2.02. The van der Waals surface area contributed by atoms with Gasteiger partial charge in [-0.1, -0.05) is 26.0 Å². The van der Waals surface area contributed by atoms with E-state index in [2.05, 4.69) is 13.8 Å². The minimum atomic E-state index is -0.440. The fraction of sp³-hybridized carbons (Fsp3) is 0.600. The fourth-order valence-electron chi connectivity index (χ4n) is 3.55. The summed E-state index contributed by atoms with van der Waals surface area (Å²) in [4.78, 5) is 24.0. The van der Waals surface area contributed by atoms with Crippen molar-refractivity contribution in [3.05, 3.63) is 23.5 Å². The van der Waals surface area contributed by atoms with Gasteiger partial charge in [-0.25, -0.2) is 4.79 Å². The predicted octanol–water partition coefficient (Wildman–Crippen LogP) is 2.01. The van der Waals surface area contributed by atoms with Crippen LogP contribution >= 0.6 is 0 Å². The Bertz CT molecular complexity index is 526. The van der Waals surface area contributed by atoms with Crippen molar-refractivity contribution < 1.29 is 19.1 Å². The number of methoxy groups -OCH3 is 1. The summed E-state index contributed by atoms with van der Waals surface area (Å²) in [5.74, 6) is -0.00515. The first-order valence-electron chi connectivity index (χ1n) is 6.57. The molecule has 0 N–H and O–H groups in total. The van der Waals surface area contributed by atoms with Crippen LogP contribution in [-0.4, -0.2) is 25.5 Å². The van der Waals surface area contributed by atoms with Crippen molar-refractivity contribution in [2.75, 3.05) is 13.7 Å². The number of hydrogen-bond donors (Lipinski definition) is 0. The maximum Gasteiger partial charge on any atom is 0.373 e. The van der Waals surface area contributed by atoms with Crippen LogP contribution < -0.4 is 0 Å². The van der Waals surface area contributed by atoms with Gasteiger partial charge in [0, 0.05) is 17.9 Å². The number of carbonyl (C=O) groups excluding carboxylic acids is 2. The Kier molecular flexibility index (Phi) is 2.43. The molecule has 0 saturated heterocycles. The van der Waals surface area contributed by atoms with Crippen LogP contribution in [0.25, 0.3) is 0 Å². The summed E-state index contributed by atoms with van der Waals surface area (Å²) >= 11 is 0. The quantitative estimate of drug-likeness (QED) is 0.714. The lowest BCUT2D eigenvalue weighted by Crippen LogP contribution is -2.46. The largest absolute Gasteiger partial charge is 0.490 e. The van der Waals surface area contributed by atoms with Gasteiger partial charge in [0.25, 0.3) is 0 Å². The average molecular weight is 262 g/mol. The van der Waals surface area contributed by atoms with E-state index in [1.165, 1.54) is 7.11 Å². The van der Waals surface area contributed by atoms with Gasteiger partial charge in [0.05, 0.1) is 12.5 Å². The van der Waals surface area contributed by atoms with Gasteiger partial charge < -0.3 is 9.47 Å². The molecule has 0 aromatic heterocycles. The molecule has 0 bridgehead atoms. The molecule has 1 heterocycles. The Morgan fingerprint density at radius 1 is 1.37 bits per heavy atom. The first-order valence-corrected chi connectivity index (χ1v) is 6.57. The van der Waals surface area contributed by atoms with Gasteiger partial charge in [0.1, 0.15) is 12.4 Å². The van der Waals surface area contributed by atoms with Crippen LogP contribution in [0.5, 0.6) is 0 Å². The zero-order valence-corrected chi connectivity index (χ0v) is 11.5. The topological polar surface area (TPSA) is 52.6 Å². The molecule has 0 radical (unpaired) electrons. The first-order chi connectivity index (χ1) is 8.89. The van der Waals surface area contributed by atoms with Gasteiger partial charge in [0.15, 0.2) is 0 Å². The van der Waals surface area contributed by atoms with Crippen molar-refractivity contribution in [2.45, 2.75) is 26.7 Å². The van der Waals surface area contributed by atoms with Crippen molar-refractivity contribution in [1.82, 2.24) is 0 Å². The molecule has 0 spiro atoms. The van der Waals surface area contributed by atoms with Crippen LogP contribution in [0.3, 0.4) is 0 Å². The highest BCUT2D eigenvalue weighted by Gasteiger charge is 2.57. The van der Waals surface area contributed by atoms with Crippen molar-refractivity contribution in [3.63, 3.8) is 0 Å². The molecule has 3 rings (SSSR count). The molecule has 0 aromatic carbocycles. The molecule has 1 aliphatic heterocycles. The zero-order chi connectivity index (χ0) is 13.8. The second-order valence-electron chi connectivity index (χ2n) is 6.46. The van der Waals surface area contributed by atoms with E-state index in [0.717, 1.165) is 12.0 Å². The highest BCUT2D eigenvalue weighted by Crippen LogP contribution is 2.56. The van der Waals surface area contributed by atoms with Crippen LogP contribution in [0.1, 0.15) is 26.7 Å². The number of ketones is 1. The summed E-state index contributed by atoms with van der Waals surface area (Å²) in [6.45, 7) is 4.48. The smallest absolute Gasteiger partial charge is 0.373 e. The summed E-state index contributed by atoms with van der Waals surface area (Å²) in [6.07, 6.45) is 5.29. The fourth-order valence-corrected chi connectivity index (χ4v) is 3.55. The number of allylic oxidation sites excluding steroid dienone is 1. The molecule has 0 unspecified atom stereocenters. The van der Waals surface area contributed by atoms with Crippen molar-refractivity contribution in [2.24, 2.45) is 16.7 Å². The standard InChI is InChI=1S/C15H18O4/c1-14(2)6-10(11(16)7-14)15-5-4-9(15)12(18-3)13(17)19-8-15/h4-5,10H,6-8H2,1-3H3/t10-,15+/m0/s1. The maximum atomic E-state index is 12.3. The number of carbonyl (C=O) groups is 2. The van der Waals surface area contributed by atoms with Crippen molar-refractivity contribution in [1.29, 1.82) is 0 Å². The second kappa shape index (κ2) is 3.71. The third-order valence-corrected chi connectivity index (χ3v) is 4.55. The van der Waals surface area contributed by atoms with Crippen LogP contribution in [0.2, 0.25) is 0 Å². The molecule has 0 aromatic rings. The number of Topliss-reactive ketones (excluding diaryl/α,β-unsaturated/α-hetero) is 1. The number of ether oxygens (including phenoxy) is 2. The number of esters is 1. The van der Waals surface area contributed by atoms with Crippen LogP contribution in [-0.2, 0) is 19.1 Å². The molecule has 1 saturated carbocycles. The van der Waals surface area contributed by atoms with Gasteiger partial charge in [-0.3, -0.25) is 4.79 Å². The number of rotatable bonds is 2. The van der Waals surface area contributed by atoms with Crippen LogP contribution in [0.4, 0.5) is 0 Å². The van der Waals surface area contributed by atoms with Gasteiger partial charge >= 0.3 is 5.97 Å². The third-order valence-electron chi connectivity index (χ3n) is 4.55. The van der Waals surface area contributed by atoms with E-state index < -0.39 is 11.4 Å². The zero-order valence-electron chi connectivity index (χ0n) is 11.5. The van der Waals surface area contributed by atoms with E-state index in [1.54, 1.807) is 0 Å². The predicted molar refractivity (Wildman–Crippen MR) is 68.1 cm³/mol. The Labute approximate surface area is 112 Å². The average Bonchev–Trinajstić information content (AvgIpc) is 2.57. The molecule has 1 fully saturated rings. The summed E-state index contributed by atoms with van der Waals surface area (Å²) in [6, 6.07) is 0. The molecule has 4 heteroatoms. The molecule has 102 valence electrons. The van der Waals surface area contributed by atoms with Crippen molar-refractivity contribution >= 4 is 11.8 Å². The second-order valence-corrected chi connectivity index (χ2v) is 6.46. The molecule has 19 heavy (non-hydrogen) atoms. The summed E-state index contributed by atoms with van der Waals surface area (Å²) < 4.78 is 10.4. The van der Waals surface area contributed by atoms with E-state index in [9.17, 15) is 9.59 Å². The van der Waals surface area contributed by atoms with E-state index in [1.807, 2.05) is 12.2 Å². The minimum Gasteiger partial charge on any atom is -0.490 e.